The van der Waals surface area contributed by atoms with E-state index in [2.05, 4.69) is 115 Å². The third kappa shape index (κ3) is 36.8. The van der Waals surface area contributed by atoms with Gasteiger partial charge in [-0.3, -0.25) is 44.3 Å². The van der Waals surface area contributed by atoms with Crippen LogP contribution in [-0.2, 0) is 144 Å². The Morgan fingerprint density at radius 1 is 0.265 bits per heavy atom. The molecule has 0 saturated carbocycles. The summed E-state index contributed by atoms with van der Waals surface area (Å²) in [5, 5.41) is 68.5. The molecule has 132 heavy (non-hydrogen) atoms. The zero-order valence-electron chi connectivity index (χ0n) is 75.6. The van der Waals surface area contributed by atoms with Gasteiger partial charge in [0.1, 0.15) is 5.82 Å². The molecule has 8 aromatic carbocycles. The zero-order chi connectivity index (χ0) is 92.8. The summed E-state index contributed by atoms with van der Waals surface area (Å²) in [7, 11) is 0. The number of aliphatic hydroxyl groups excluding tert-OH is 8. The average Bonchev–Trinajstić information content (AvgIpc) is 0.715. The van der Waals surface area contributed by atoms with Gasteiger partial charge in [-0.2, -0.15) is 26.3 Å². The van der Waals surface area contributed by atoms with Crippen LogP contribution in [0.15, 0.2) is 182 Å². The Labute approximate surface area is 824 Å². The van der Waals surface area contributed by atoms with Crippen molar-refractivity contribution in [3.8, 4) is 90.1 Å². The number of hydrogen-bond acceptors (Lipinski definition) is 16. The summed E-state index contributed by atoms with van der Waals surface area (Å²) in [4.78, 5) is 38.9. The van der Waals surface area contributed by atoms with E-state index < -0.39 is 23.5 Å². The molecule has 8 N–H and O–H groups in total. The molecule has 8 atom stereocenters. The molecule has 4 radical (unpaired) electrons. The molecule has 0 amide bonds. The van der Waals surface area contributed by atoms with Crippen LogP contribution in [-0.4, -0.2) is 130 Å². The maximum Gasteiger partial charge on any atom is 0.416 e. The first-order chi connectivity index (χ1) is 61.0. The number of rotatable bonds is 16. The van der Waals surface area contributed by atoms with Crippen molar-refractivity contribution in [2.45, 2.75) is 259 Å². The fourth-order valence-corrected chi connectivity index (χ4v) is 14.7. The van der Waals surface area contributed by atoms with E-state index in [1.165, 1.54) is 96.4 Å². The Balaban J connectivity index is 0.000000282. The summed E-state index contributed by atoms with van der Waals surface area (Å²) in [6, 6.07) is 63.5. The van der Waals surface area contributed by atoms with Gasteiger partial charge in [-0.25, -0.2) is 4.39 Å². The van der Waals surface area contributed by atoms with E-state index in [0.29, 0.717) is 78.0 Å². The minimum Gasteiger partial charge on any atom is -0.393 e. The Bertz CT molecular complexity index is 4870. The van der Waals surface area contributed by atoms with Crippen molar-refractivity contribution in [1.82, 2.24) is 39.9 Å². The molecule has 4 aliphatic rings. The van der Waals surface area contributed by atoms with E-state index in [1.807, 2.05) is 30.3 Å². The van der Waals surface area contributed by atoms with E-state index in [4.69, 9.17) is 70.8 Å². The van der Waals surface area contributed by atoms with Crippen molar-refractivity contribution in [2.24, 2.45) is 0 Å². The third-order valence-corrected chi connectivity index (χ3v) is 20.8. The number of aliphatic hydroxyl groups is 8. The topological polar surface area (TPSA) is 265 Å². The van der Waals surface area contributed by atoms with E-state index >= 15 is 0 Å². The molecule has 0 aliphatic heterocycles. The standard InChI is InChI=1S/C22H15F6N2.C22H21N2.C20H15F2N2.C20H17N2.4C5H12O2.4Ir/c23-21(24,25)15-9-5-13(6-10-15)19-20(30-18-4-2-1-3-17(18)29-19)14-7-11-16(12-8-14)22(26,27)28;1-15-7-11-17(12-8-15)21-22(18-13-9-16(2)10-14-18)24-20-6-4-3-5-19(20)23-21;21-15-9-5-13(6-10-15)19-20(14-7-11-16(22)12-8-14)24-18-4-2-1-3-17(18)23-19;1-3-9-15(10-4-1)19-20(16-11-5-2-6-12-16)22-18-14-8-7-13-17(18)21-19;4*1-4(6)3-5(2)7;;;;/h5-7,9-12H,1-4H2;7-13H,3-6H2,1-2H3;5-7,9-12H,1-4H2;1-6,9-11H,7-8,13-14H2;4*4-7H,3H2,1-2H3;;;;/q4*-1;;;;;;;;. The van der Waals surface area contributed by atoms with Gasteiger partial charge in [0.25, 0.3) is 0 Å². The summed E-state index contributed by atoms with van der Waals surface area (Å²) in [6.07, 6.45) is 6.21. The van der Waals surface area contributed by atoms with Gasteiger partial charge in [0, 0.05) is 109 Å². The van der Waals surface area contributed by atoms with Gasteiger partial charge in [0.2, 0.25) is 0 Å². The van der Waals surface area contributed by atoms with E-state index in [-0.39, 0.29) is 141 Å². The molecule has 0 bridgehead atoms. The van der Waals surface area contributed by atoms with Crippen LogP contribution in [0.1, 0.15) is 200 Å². The maximum absolute atomic E-state index is 13.3. The SMILES string of the molecule is CC(O)CC(C)O.CC(O)CC(C)O.CC(O)CC(C)O.CC(O)CC(C)O.Cc1c[c-]c(-c2nc3c(nc2-c2ccc(C)cc2)CCCC3)cc1.FC(F)(F)c1c[c-]c(-c2nc3c(nc2-c2ccc(C(F)(F)F)cc2)CCCC3)cc1.Fc1c[c-]c(-c2nc3c(nc2-c2ccc(F)cc2)CCCC3)cc1.[Ir].[Ir].[Ir].[Ir].[c-]1ccccc1-c1nc2c(nc1-c1ccccc1)CCCC2. The maximum atomic E-state index is 13.3. The van der Waals surface area contributed by atoms with Crippen LogP contribution in [0.25, 0.3) is 90.1 Å². The van der Waals surface area contributed by atoms with Crippen molar-refractivity contribution in [3.05, 3.63) is 286 Å². The van der Waals surface area contributed by atoms with E-state index in [9.17, 15) is 35.1 Å². The van der Waals surface area contributed by atoms with Crippen molar-refractivity contribution in [2.75, 3.05) is 0 Å². The van der Waals surface area contributed by atoms with Crippen LogP contribution < -0.4 is 0 Å². The Hall–Kier alpha value is -8.20. The van der Waals surface area contributed by atoms with E-state index in [0.717, 1.165) is 168 Å². The molecule has 716 valence electrons. The fourth-order valence-electron chi connectivity index (χ4n) is 14.7. The van der Waals surface area contributed by atoms with Crippen LogP contribution in [0.2, 0.25) is 0 Å². The third-order valence-electron chi connectivity index (χ3n) is 20.8. The number of hydrogen-bond donors (Lipinski definition) is 8. The van der Waals surface area contributed by atoms with E-state index in [1.54, 1.807) is 73.6 Å². The molecule has 16 rings (SSSR count). The minimum atomic E-state index is -4.49. The molecule has 0 spiro atoms. The molecule has 8 unspecified atom stereocenters. The fraction of sp³-hybridized carbons (Fsp3) is 0.385. The molecule has 0 fully saturated rings. The first kappa shape index (κ1) is 114. The number of alkyl halides is 6. The molecular formula is C104H116F8Ir4N8O8-4. The Morgan fingerprint density at radius 2 is 0.515 bits per heavy atom. The number of aryl methyl sites for hydroxylation is 10. The van der Waals surface area contributed by atoms with Crippen molar-refractivity contribution >= 4 is 0 Å². The molecular weight excluding hydrogens is 2410 g/mol. The zero-order valence-corrected chi connectivity index (χ0v) is 85.2. The summed E-state index contributed by atoms with van der Waals surface area (Å²) in [6.45, 7) is 17.5. The van der Waals surface area contributed by atoms with Gasteiger partial charge in [0.15, 0.2) is 0 Å². The monoisotopic (exact) mass is 2530 g/mol. The van der Waals surface area contributed by atoms with Gasteiger partial charge >= 0.3 is 12.4 Å². The van der Waals surface area contributed by atoms with Gasteiger partial charge in [0.05, 0.1) is 123 Å². The predicted molar refractivity (Wildman–Crippen MR) is 485 cm³/mol. The van der Waals surface area contributed by atoms with Crippen molar-refractivity contribution in [3.63, 3.8) is 0 Å². The second kappa shape index (κ2) is 56.4. The number of fused-ring (bicyclic) bond motifs is 4. The summed E-state index contributed by atoms with van der Waals surface area (Å²) in [5.41, 5.74) is 21.4. The molecule has 12 aromatic rings. The van der Waals surface area contributed by atoms with Gasteiger partial charge in [-0.05, 0) is 243 Å². The van der Waals surface area contributed by atoms with Gasteiger partial charge in [-0.1, -0.05) is 91.3 Å². The number of nitrogens with zero attached hydrogens (tertiary/aromatic N) is 8. The molecule has 4 heterocycles. The molecule has 4 aromatic heterocycles. The van der Waals surface area contributed by atoms with Crippen molar-refractivity contribution in [1.29, 1.82) is 0 Å². The first-order valence-corrected chi connectivity index (χ1v) is 43.8. The largest absolute Gasteiger partial charge is 0.416 e. The van der Waals surface area contributed by atoms with Crippen molar-refractivity contribution < 1.29 is 156 Å². The molecule has 28 heteroatoms. The second-order valence-corrected chi connectivity index (χ2v) is 33.1. The molecule has 16 nitrogen and oxygen atoms in total. The smallest absolute Gasteiger partial charge is 0.393 e. The normalized spacial score (nSPS) is 14.5. The number of benzene rings is 8. The minimum absolute atomic E-state index is 0. The Kier molecular flexibility index (Phi) is 48.8. The predicted octanol–water partition coefficient (Wildman–Crippen LogP) is 21.4. The Morgan fingerprint density at radius 3 is 0.780 bits per heavy atom. The summed E-state index contributed by atoms with van der Waals surface area (Å²) in [5.74, 6) is -0.632. The van der Waals surface area contributed by atoms with Crippen LogP contribution in [0, 0.1) is 49.7 Å². The second-order valence-electron chi connectivity index (χ2n) is 33.1. The first-order valence-electron chi connectivity index (χ1n) is 43.8. The average molecular weight is 2530 g/mol. The van der Waals surface area contributed by atoms with Crippen LogP contribution >= 0.6 is 0 Å². The molecule has 4 aliphatic carbocycles. The number of aromatic nitrogens is 8. The summed E-state index contributed by atoms with van der Waals surface area (Å²) >= 11 is 0. The number of halogens is 8. The van der Waals surface area contributed by atoms with Gasteiger partial charge < -0.3 is 40.9 Å². The van der Waals surface area contributed by atoms with Crippen LogP contribution in [0.5, 0.6) is 0 Å². The quantitative estimate of drug-likeness (QED) is 0.0330. The molecule has 0 saturated heterocycles. The summed E-state index contributed by atoms with van der Waals surface area (Å²) < 4.78 is 104. The van der Waals surface area contributed by atoms with Crippen LogP contribution in [0.4, 0.5) is 35.1 Å². The van der Waals surface area contributed by atoms with Crippen LogP contribution in [0.3, 0.4) is 0 Å². The van der Waals surface area contributed by atoms with Gasteiger partial charge in [-0.15, -0.1) is 131 Å².